The molecular weight excluding hydrogens is 248 g/mol. The van der Waals surface area contributed by atoms with Crippen LogP contribution in [-0.4, -0.2) is 9.97 Å². The highest BCUT2D eigenvalue weighted by Crippen LogP contribution is 2.51. The largest absolute Gasteiger partial charge is 0.358 e. The van der Waals surface area contributed by atoms with Crippen LogP contribution in [0.1, 0.15) is 29.0 Å². The van der Waals surface area contributed by atoms with Crippen LogP contribution in [0.25, 0.3) is 11.0 Å². The molecule has 0 aliphatic carbocycles. The lowest BCUT2D eigenvalue weighted by Gasteiger charge is -2.01. The SMILES string of the molecule is Cc1ccccc1[C@H]1O[C@H]1c1cnc2ccccc2n1. The standard InChI is InChI=1S/C17H14N2O/c1-11-6-2-3-7-12(11)16-17(20-16)15-10-18-13-8-4-5-9-14(13)19-15/h2-10,16-17H,1H3/t16-,17+/m1/s1. The van der Waals surface area contributed by atoms with Gasteiger partial charge in [-0.05, 0) is 30.2 Å². The minimum Gasteiger partial charge on any atom is -0.358 e. The van der Waals surface area contributed by atoms with E-state index in [1.54, 1.807) is 0 Å². The van der Waals surface area contributed by atoms with Gasteiger partial charge in [-0.1, -0.05) is 36.4 Å². The summed E-state index contributed by atoms with van der Waals surface area (Å²) >= 11 is 0. The van der Waals surface area contributed by atoms with Gasteiger partial charge < -0.3 is 4.74 Å². The van der Waals surface area contributed by atoms with Crippen molar-refractivity contribution in [1.82, 2.24) is 9.97 Å². The highest BCUT2D eigenvalue weighted by molar-refractivity contribution is 5.73. The van der Waals surface area contributed by atoms with E-state index in [1.165, 1.54) is 11.1 Å². The molecule has 2 atom stereocenters. The van der Waals surface area contributed by atoms with E-state index in [4.69, 9.17) is 4.74 Å². The number of hydrogen-bond donors (Lipinski definition) is 0. The Morgan fingerprint density at radius 2 is 1.65 bits per heavy atom. The van der Waals surface area contributed by atoms with Crippen molar-refractivity contribution < 1.29 is 4.74 Å². The molecule has 0 N–H and O–H groups in total. The average molecular weight is 262 g/mol. The Hall–Kier alpha value is -2.26. The van der Waals surface area contributed by atoms with Gasteiger partial charge >= 0.3 is 0 Å². The average Bonchev–Trinajstić information content (AvgIpc) is 3.27. The number of aromatic nitrogens is 2. The molecule has 0 radical (unpaired) electrons. The molecule has 1 aromatic heterocycles. The van der Waals surface area contributed by atoms with Crippen molar-refractivity contribution >= 4 is 11.0 Å². The molecule has 1 fully saturated rings. The maximum Gasteiger partial charge on any atom is 0.132 e. The summed E-state index contributed by atoms with van der Waals surface area (Å²) in [5, 5.41) is 0. The van der Waals surface area contributed by atoms with Gasteiger partial charge in [0.25, 0.3) is 0 Å². The molecule has 0 saturated carbocycles. The van der Waals surface area contributed by atoms with E-state index in [0.717, 1.165) is 16.7 Å². The molecule has 98 valence electrons. The molecule has 0 unspecified atom stereocenters. The van der Waals surface area contributed by atoms with Crippen LogP contribution in [0.15, 0.2) is 54.7 Å². The van der Waals surface area contributed by atoms with Crippen LogP contribution in [-0.2, 0) is 4.74 Å². The van der Waals surface area contributed by atoms with E-state index in [2.05, 4.69) is 29.0 Å². The van der Waals surface area contributed by atoms with Gasteiger partial charge in [-0.25, -0.2) is 4.98 Å². The van der Waals surface area contributed by atoms with Crippen LogP contribution < -0.4 is 0 Å². The monoisotopic (exact) mass is 262 g/mol. The lowest BCUT2D eigenvalue weighted by atomic mass is 10.0. The van der Waals surface area contributed by atoms with Crippen molar-refractivity contribution in [2.45, 2.75) is 19.1 Å². The lowest BCUT2D eigenvalue weighted by molar-refractivity contribution is 0.374. The predicted molar refractivity (Wildman–Crippen MR) is 77.3 cm³/mol. The maximum absolute atomic E-state index is 5.82. The summed E-state index contributed by atoms with van der Waals surface area (Å²) < 4.78 is 5.82. The van der Waals surface area contributed by atoms with Crippen molar-refractivity contribution in [2.24, 2.45) is 0 Å². The van der Waals surface area contributed by atoms with Crippen LogP contribution in [0.3, 0.4) is 0 Å². The number of ether oxygens (including phenoxy) is 1. The van der Waals surface area contributed by atoms with Gasteiger partial charge in [-0.2, -0.15) is 0 Å². The Balaban J connectivity index is 1.67. The van der Waals surface area contributed by atoms with Crippen LogP contribution in [0.5, 0.6) is 0 Å². The molecule has 1 aliphatic heterocycles. The fourth-order valence-corrected chi connectivity index (χ4v) is 2.59. The summed E-state index contributed by atoms with van der Waals surface area (Å²) in [7, 11) is 0. The summed E-state index contributed by atoms with van der Waals surface area (Å²) in [6.45, 7) is 2.11. The third kappa shape index (κ3) is 1.87. The van der Waals surface area contributed by atoms with Crippen LogP contribution in [0.4, 0.5) is 0 Å². The van der Waals surface area contributed by atoms with Crippen molar-refractivity contribution in [3.63, 3.8) is 0 Å². The van der Waals surface area contributed by atoms with Gasteiger partial charge in [0.2, 0.25) is 0 Å². The Labute approximate surface area is 117 Å². The normalized spacial score (nSPS) is 21.1. The number of para-hydroxylation sites is 2. The summed E-state index contributed by atoms with van der Waals surface area (Å²) in [5.74, 6) is 0. The smallest absolute Gasteiger partial charge is 0.132 e. The third-order valence-corrected chi connectivity index (χ3v) is 3.75. The van der Waals surface area contributed by atoms with E-state index in [0.29, 0.717) is 0 Å². The summed E-state index contributed by atoms with van der Waals surface area (Å²) in [5.41, 5.74) is 5.26. The first-order valence-electron chi connectivity index (χ1n) is 6.75. The summed E-state index contributed by atoms with van der Waals surface area (Å²) in [4.78, 5) is 9.11. The molecular formula is C17H14N2O. The zero-order valence-corrected chi connectivity index (χ0v) is 11.2. The molecule has 4 rings (SSSR count). The van der Waals surface area contributed by atoms with Gasteiger partial charge in [-0.3, -0.25) is 4.98 Å². The molecule has 3 heteroatoms. The van der Waals surface area contributed by atoms with Crippen molar-refractivity contribution in [3.05, 3.63) is 71.5 Å². The second kappa shape index (κ2) is 4.39. The number of hydrogen-bond acceptors (Lipinski definition) is 3. The molecule has 3 aromatic rings. The van der Waals surface area contributed by atoms with E-state index in [9.17, 15) is 0 Å². The summed E-state index contributed by atoms with van der Waals surface area (Å²) in [6, 6.07) is 16.2. The van der Waals surface area contributed by atoms with E-state index < -0.39 is 0 Å². The van der Waals surface area contributed by atoms with Crippen LogP contribution in [0, 0.1) is 6.92 Å². The second-order valence-corrected chi connectivity index (χ2v) is 5.12. The predicted octanol–water partition coefficient (Wildman–Crippen LogP) is 3.75. The molecule has 1 saturated heterocycles. The first-order chi connectivity index (χ1) is 9.83. The highest BCUT2D eigenvalue weighted by atomic mass is 16.6. The molecule has 0 amide bonds. The second-order valence-electron chi connectivity index (χ2n) is 5.12. The zero-order chi connectivity index (χ0) is 13.5. The number of aryl methyl sites for hydroxylation is 1. The Morgan fingerprint density at radius 3 is 2.50 bits per heavy atom. The van der Waals surface area contributed by atoms with Gasteiger partial charge in [0.15, 0.2) is 0 Å². The molecule has 20 heavy (non-hydrogen) atoms. The minimum atomic E-state index is 0.0354. The molecule has 0 spiro atoms. The fraction of sp³-hybridized carbons (Fsp3) is 0.176. The number of epoxide rings is 1. The first-order valence-corrected chi connectivity index (χ1v) is 6.75. The molecule has 2 aromatic carbocycles. The lowest BCUT2D eigenvalue weighted by Crippen LogP contribution is -1.93. The van der Waals surface area contributed by atoms with Gasteiger partial charge in [-0.15, -0.1) is 0 Å². The third-order valence-electron chi connectivity index (χ3n) is 3.75. The number of benzene rings is 2. The molecule has 1 aliphatic rings. The Bertz CT molecular complexity index is 785. The summed E-state index contributed by atoms with van der Waals surface area (Å²) in [6.07, 6.45) is 1.98. The number of rotatable bonds is 2. The topological polar surface area (TPSA) is 38.3 Å². The maximum atomic E-state index is 5.82. The minimum absolute atomic E-state index is 0.0354. The van der Waals surface area contributed by atoms with Crippen molar-refractivity contribution in [3.8, 4) is 0 Å². The van der Waals surface area contributed by atoms with E-state index in [1.807, 2.05) is 42.6 Å². The van der Waals surface area contributed by atoms with Crippen LogP contribution in [0.2, 0.25) is 0 Å². The van der Waals surface area contributed by atoms with Gasteiger partial charge in [0.1, 0.15) is 12.2 Å². The van der Waals surface area contributed by atoms with E-state index in [-0.39, 0.29) is 12.2 Å². The Kier molecular flexibility index (Phi) is 2.54. The fourth-order valence-electron chi connectivity index (χ4n) is 2.59. The first kappa shape index (κ1) is 11.6. The highest BCUT2D eigenvalue weighted by Gasteiger charge is 2.43. The zero-order valence-electron chi connectivity index (χ0n) is 11.2. The van der Waals surface area contributed by atoms with Crippen molar-refractivity contribution in [1.29, 1.82) is 0 Å². The van der Waals surface area contributed by atoms with E-state index >= 15 is 0 Å². The van der Waals surface area contributed by atoms with Gasteiger partial charge in [0.05, 0.1) is 22.9 Å². The molecule has 2 heterocycles. The van der Waals surface area contributed by atoms with Crippen molar-refractivity contribution in [2.75, 3.05) is 0 Å². The van der Waals surface area contributed by atoms with Gasteiger partial charge in [0, 0.05) is 0 Å². The molecule has 0 bridgehead atoms. The molecule has 3 nitrogen and oxygen atoms in total. The number of fused-ring (bicyclic) bond motifs is 1. The quantitative estimate of drug-likeness (QED) is 0.660. The number of nitrogens with zero attached hydrogens (tertiary/aromatic N) is 2. The van der Waals surface area contributed by atoms with Crippen LogP contribution >= 0.6 is 0 Å². The Morgan fingerprint density at radius 1 is 0.900 bits per heavy atom.